The minimum atomic E-state index is -0.598. The zero-order chi connectivity index (χ0) is 28.6. The third-order valence-electron chi connectivity index (χ3n) is 7.71. The number of nitrogens with zero attached hydrogens (tertiary/aromatic N) is 1. The molecule has 1 aliphatic heterocycles. The van der Waals surface area contributed by atoms with Gasteiger partial charge in [0, 0.05) is 16.5 Å². The van der Waals surface area contributed by atoms with Gasteiger partial charge < -0.3 is 26.0 Å². The van der Waals surface area contributed by atoms with Crippen LogP contribution in [0.15, 0.2) is 60.7 Å². The molecule has 1 aromatic heterocycles. The topological polar surface area (TPSA) is 138 Å². The second-order valence-corrected chi connectivity index (χ2v) is 11.9. The molecule has 3 aromatic rings. The number of aryl methyl sites for hydroxylation is 1. The fraction of sp³-hybridized carbons (Fsp3) is 0.333. The maximum absolute atomic E-state index is 13.3. The molecule has 0 radical (unpaired) electrons. The zero-order valence-corrected chi connectivity index (χ0v) is 23.5. The van der Waals surface area contributed by atoms with Crippen LogP contribution in [-0.2, 0) is 9.59 Å². The number of hydrogen-bond donors (Lipinski definition) is 4. The zero-order valence-electron chi connectivity index (χ0n) is 22.7. The second-order valence-electron chi connectivity index (χ2n) is 10.8. The van der Waals surface area contributed by atoms with Gasteiger partial charge in [0.2, 0.25) is 11.8 Å². The summed E-state index contributed by atoms with van der Waals surface area (Å²) < 4.78 is 5.89. The number of carbonyl (C=O) groups excluding carboxylic acids is 3. The second kappa shape index (κ2) is 10.8. The van der Waals surface area contributed by atoms with Crippen LogP contribution in [0.5, 0.6) is 11.5 Å². The summed E-state index contributed by atoms with van der Waals surface area (Å²) in [7, 11) is 0. The number of likely N-dealkylation sites (tertiary alicyclic amines) is 1. The minimum Gasteiger partial charge on any atom is -0.457 e. The Morgan fingerprint density at radius 1 is 1.15 bits per heavy atom. The van der Waals surface area contributed by atoms with Gasteiger partial charge in [-0.2, -0.15) is 0 Å². The molecule has 5 rings (SSSR count). The summed E-state index contributed by atoms with van der Waals surface area (Å²) in [4.78, 5) is 42.7. The highest BCUT2D eigenvalue weighted by Crippen LogP contribution is 2.59. The van der Waals surface area contributed by atoms with Gasteiger partial charge in [0.25, 0.3) is 5.91 Å². The maximum Gasteiger partial charge on any atom is 0.251 e. The standard InChI is InChI=1S/C30H33N5O4S/c1-17-13-19(9-10-22(17)39-20-7-5-4-6-8-20)28(37)33-16-26(36)35-21(14-30(3)15-25(30)35)29(38)34-18(2)23-11-12-24(40-23)27(31)32/h4-13,18,21,25H,14-16H2,1-3H3,(H3,31,32)(H,33,37)(H,34,38)/t18?,21-,25-,30+/m0/s1. The lowest BCUT2D eigenvalue weighted by Crippen LogP contribution is -2.51. The number of amidine groups is 1. The molecule has 10 heteroatoms. The molecule has 2 aliphatic rings. The number of thiophene rings is 1. The van der Waals surface area contributed by atoms with Gasteiger partial charge in [-0.05, 0) is 80.1 Å². The van der Waals surface area contributed by atoms with E-state index in [1.165, 1.54) is 11.3 Å². The third-order valence-corrected chi connectivity index (χ3v) is 9.01. The number of hydrogen-bond acceptors (Lipinski definition) is 6. The summed E-state index contributed by atoms with van der Waals surface area (Å²) in [6, 6.07) is 17.2. The number of nitrogens with two attached hydrogens (primary N) is 1. The first-order chi connectivity index (χ1) is 19.1. The minimum absolute atomic E-state index is 0.00863. The van der Waals surface area contributed by atoms with Crippen molar-refractivity contribution >= 4 is 34.9 Å². The van der Waals surface area contributed by atoms with Gasteiger partial charge in [0.05, 0.1) is 17.5 Å². The van der Waals surface area contributed by atoms with Crippen LogP contribution in [0.1, 0.15) is 58.4 Å². The number of benzene rings is 2. The molecule has 3 amide bonds. The van der Waals surface area contributed by atoms with Crippen LogP contribution >= 0.6 is 11.3 Å². The highest BCUT2D eigenvalue weighted by molar-refractivity contribution is 7.14. The molecule has 2 aromatic carbocycles. The van der Waals surface area contributed by atoms with Crippen molar-refractivity contribution in [3.8, 4) is 11.5 Å². The van der Waals surface area contributed by atoms with Crippen LogP contribution in [0, 0.1) is 17.7 Å². The molecular formula is C30H33N5O4S. The Morgan fingerprint density at radius 2 is 1.90 bits per heavy atom. The Hall–Kier alpha value is -4.18. The van der Waals surface area contributed by atoms with Gasteiger partial charge in [-0.25, -0.2) is 0 Å². The van der Waals surface area contributed by atoms with E-state index in [0.717, 1.165) is 16.9 Å². The van der Waals surface area contributed by atoms with E-state index in [0.29, 0.717) is 28.4 Å². The van der Waals surface area contributed by atoms with Crippen molar-refractivity contribution in [2.75, 3.05) is 6.54 Å². The van der Waals surface area contributed by atoms with Crippen LogP contribution in [0.2, 0.25) is 0 Å². The molecule has 1 aliphatic carbocycles. The highest BCUT2D eigenvalue weighted by atomic mass is 32.1. The lowest BCUT2D eigenvalue weighted by molar-refractivity contribution is -0.139. The van der Waals surface area contributed by atoms with Crippen LogP contribution in [0.25, 0.3) is 0 Å². The van der Waals surface area contributed by atoms with E-state index in [4.69, 9.17) is 15.9 Å². The van der Waals surface area contributed by atoms with Gasteiger partial charge in [0.15, 0.2) is 0 Å². The fourth-order valence-corrected chi connectivity index (χ4v) is 6.21. The summed E-state index contributed by atoms with van der Waals surface area (Å²) in [5.74, 6) is 0.478. The van der Waals surface area contributed by atoms with Crippen molar-refractivity contribution in [2.45, 2.75) is 51.7 Å². The van der Waals surface area contributed by atoms with Gasteiger partial charge in [-0.1, -0.05) is 25.1 Å². The van der Waals surface area contributed by atoms with Gasteiger partial charge in [-0.15, -0.1) is 11.3 Å². The van der Waals surface area contributed by atoms with E-state index < -0.39 is 6.04 Å². The Kier molecular flexibility index (Phi) is 7.37. The number of nitrogen functional groups attached to an aromatic ring is 1. The summed E-state index contributed by atoms with van der Waals surface area (Å²) in [6.45, 7) is 5.63. The third kappa shape index (κ3) is 5.58. The molecule has 2 heterocycles. The molecule has 40 heavy (non-hydrogen) atoms. The normalized spacial score (nSPS) is 21.7. The molecule has 9 nitrogen and oxygen atoms in total. The predicted molar refractivity (Wildman–Crippen MR) is 154 cm³/mol. The Bertz CT molecular complexity index is 1470. The average Bonchev–Trinajstić information content (AvgIpc) is 3.26. The van der Waals surface area contributed by atoms with E-state index >= 15 is 0 Å². The SMILES string of the molecule is Cc1cc(C(=O)NCC(=O)N2[C@H]3C[C@@]3(C)C[C@H]2C(=O)NC(C)c2ccc(C(=N)N)s2)ccc1Oc1ccccc1. The molecular weight excluding hydrogens is 526 g/mol. The number of amides is 3. The van der Waals surface area contributed by atoms with Gasteiger partial charge in [-0.3, -0.25) is 19.8 Å². The van der Waals surface area contributed by atoms with E-state index in [-0.39, 0.29) is 47.6 Å². The van der Waals surface area contributed by atoms with E-state index in [1.54, 1.807) is 29.2 Å². The molecule has 0 spiro atoms. The lowest BCUT2D eigenvalue weighted by Gasteiger charge is -2.28. The van der Waals surface area contributed by atoms with Crippen LogP contribution in [-0.4, -0.2) is 47.1 Å². The smallest absolute Gasteiger partial charge is 0.251 e. The predicted octanol–water partition coefficient (Wildman–Crippen LogP) is 4.12. The number of para-hydroxylation sites is 1. The monoisotopic (exact) mass is 559 g/mol. The first-order valence-corrected chi connectivity index (χ1v) is 14.0. The lowest BCUT2D eigenvalue weighted by atomic mass is 10.0. The van der Waals surface area contributed by atoms with E-state index in [2.05, 4.69) is 17.6 Å². The molecule has 2 fully saturated rings. The molecule has 4 atom stereocenters. The van der Waals surface area contributed by atoms with Gasteiger partial charge in [0.1, 0.15) is 23.4 Å². The number of piperidine rings is 1. The van der Waals surface area contributed by atoms with E-state index in [1.807, 2.05) is 50.2 Å². The van der Waals surface area contributed by atoms with Gasteiger partial charge >= 0.3 is 0 Å². The Morgan fingerprint density at radius 3 is 2.58 bits per heavy atom. The van der Waals surface area contributed by atoms with Crippen molar-refractivity contribution in [1.29, 1.82) is 5.41 Å². The molecule has 5 N–H and O–H groups in total. The molecule has 1 saturated heterocycles. The number of ether oxygens (including phenoxy) is 1. The van der Waals surface area contributed by atoms with Crippen LogP contribution in [0.4, 0.5) is 0 Å². The quantitative estimate of drug-likeness (QED) is 0.231. The Balaban J connectivity index is 1.20. The maximum atomic E-state index is 13.3. The van der Waals surface area contributed by atoms with Crippen molar-refractivity contribution in [3.05, 3.63) is 81.5 Å². The number of fused-ring (bicyclic) bond motifs is 1. The number of nitrogens with one attached hydrogen (secondary N) is 3. The molecule has 1 saturated carbocycles. The summed E-state index contributed by atoms with van der Waals surface area (Å²) in [5.41, 5.74) is 6.71. The van der Waals surface area contributed by atoms with Crippen molar-refractivity contribution in [3.63, 3.8) is 0 Å². The molecule has 1 unspecified atom stereocenters. The Labute approximate surface area is 237 Å². The summed E-state index contributed by atoms with van der Waals surface area (Å²) in [5, 5.41) is 13.3. The summed E-state index contributed by atoms with van der Waals surface area (Å²) >= 11 is 1.36. The van der Waals surface area contributed by atoms with Crippen molar-refractivity contribution < 1.29 is 19.1 Å². The molecule has 208 valence electrons. The number of carbonyl (C=O) groups is 3. The highest BCUT2D eigenvalue weighted by Gasteiger charge is 2.64. The first kappa shape index (κ1) is 27.4. The van der Waals surface area contributed by atoms with Crippen molar-refractivity contribution in [1.82, 2.24) is 15.5 Å². The molecule has 0 bridgehead atoms. The largest absolute Gasteiger partial charge is 0.457 e. The fourth-order valence-electron chi connectivity index (χ4n) is 5.34. The van der Waals surface area contributed by atoms with E-state index in [9.17, 15) is 14.4 Å². The average molecular weight is 560 g/mol. The van der Waals surface area contributed by atoms with Crippen molar-refractivity contribution in [2.24, 2.45) is 11.1 Å². The van der Waals surface area contributed by atoms with Crippen LogP contribution in [0.3, 0.4) is 0 Å². The first-order valence-electron chi connectivity index (χ1n) is 13.2. The summed E-state index contributed by atoms with van der Waals surface area (Å²) in [6.07, 6.45) is 1.43. The number of rotatable bonds is 9. The van der Waals surface area contributed by atoms with Crippen LogP contribution < -0.4 is 21.1 Å².